The van der Waals surface area contributed by atoms with Crippen molar-refractivity contribution in [3.63, 3.8) is 0 Å². The lowest BCUT2D eigenvalue weighted by Gasteiger charge is -2.10. The van der Waals surface area contributed by atoms with E-state index in [0.29, 0.717) is 6.61 Å². The van der Waals surface area contributed by atoms with Crippen LogP contribution in [0.3, 0.4) is 0 Å². The standard InChI is InChI=1S/C3H6O3P/c1-3-2-5-7(4)6-3/h3H,2H2,1H3/q-1. The van der Waals surface area contributed by atoms with Crippen molar-refractivity contribution < 1.29 is 13.9 Å². The molecular weight excluding hydrogens is 115 g/mol. The van der Waals surface area contributed by atoms with E-state index in [9.17, 15) is 4.89 Å². The number of hydrogen-bond acceptors (Lipinski definition) is 3. The van der Waals surface area contributed by atoms with Crippen LogP contribution in [0.1, 0.15) is 6.92 Å². The van der Waals surface area contributed by atoms with Gasteiger partial charge >= 0.3 is 0 Å². The predicted molar refractivity (Wildman–Crippen MR) is 23.4 cm³/mol. The molecule has 0 aromatic carbocycles. The van der Waals surface area contributed by atoms with Crippen LogP contribution in [0, 0.1) is 0 Å². The highest BCUT2D eigenvalue weighted by molar-refractivity contribution is 7.39. The van der Waals surface area contributed by atoms with Gasteiger partial charge in [-0.2, -0.15) is 0 Å². The second-order valence-corrected chi connectivity index (χ2v) is 2.35. The van der Waals surface area contributed by atoms with Crippen molar-refractivity contribution in [1.29, 1.82) is 0 Å². The van der Waals surface area contributed by atoms with E-state index in [-0.39, 0.29) is 6.10 Å². The smallest absolute Gasteiger partial charge is 0.0841 e. The van der Waals surface area contributed by atoms with Gasteiger partial charge in [-0.1, -0.05) is 0 Å². The summed E-state index contributed by atoms with van der Waals surface area (Å²) in [5, 5.41) is 0. The average molecular weight is 121 g/mol. The zero-order chi connectivity index (χ0) is 5.28. The molecule has 42 valence electrons. The van der Waals surface area contributed by atoms with Crippen LogP contribution in [0.25, 0.3) is 0 Å². The van der Waals surface area contributed by atoms with Crippen molar-refractivity contribution in [2.75, 3.05) is 6.61 Å². The van der Waals surface area contributed by atoms with Crippen molar-refractivity contribution in [3.8, 4) is 0 Å². The molecule has 1 saturated heterocycles. The van der Waals surface area contributed by atoms with Crippen molar-refractivity contribution in [3.05, 3.63) is 0 Å². The highest BCUT2D eigenvalue weighted by Gasteiger charge is 2.12. The highest BCUT2D eigenvalue weighted by Crippen LogP contribution is 2.35. The highest BCUT2D eigenvalue weighted by atomic mass is 31.2. The van der Waals surface area contributed by atoms with Crippen LogP contribution in [-0.4, -0.2) is 12.7 Å². The molecule has 0 aromatic heterocycles. The number of hydrogen-bond donors (Lipinski definition) is 0. The van der Waals surface area contributed by atoms with Crippen LogP contribution in [0.15, 0.2) is 0 Å². The van der Waals surface area contributed by atoms with E-state index in [4.69, 9.17) is 0 Å². The third-order valence-corrected chi connectivity index (χ3v) is 1.57. The molecule has 7 heavy (non-hydrogen) atoms. The molecule has 0 saturated carbocycles. The van der Waals surface area contributed by atoms with Crippen LogP contribution in [0.2, 0.25) is 0 Å². The van der Waals surface area contributed by atoms with Crippen LogP contribution < -0.4 is 4.89 Å². The molecule has 1 fully saturated rings. The van der Waals surface area contributed by atoms with Gasteiger partial charge in [0.05, 0.1) is 21.3 Å². The minimum Gasteiger partial charge on any atom is -0.786 e. The quantitative estimate of drug-likeness (QED) is 0.424. The molecule has 2 unspecified atom stereocenters. The fourth-order valence-electron chi connectivity index (χ4n) is 0.374. The summed E-state index contributed by atoms with van der Waals surface area (Å²) in [6.07, 6.45) is 0.0172. The molecule has 0 amide bonds. The van der Waals surface area contributed by atoms with Crippen LogP contribution in [-0.2, 0) is 9.05 Å². The Labute approximate surface area is 43.2 Å². The van der Waals surface area contributed by atoms with E-state index in [1.807, 2.05) is 6.92 Å². The molecule has 1 aliphatic rings. The average Bonchev–Trinajstić information content (AvgIpc) is 1.87. The maximum absolute atomic E-state index is 10.2. The largest absolute Gasteiger partial charge is 0.786 e. The van der Waals surface area contributed by atoms with E-state index in [1.54, 1.807) is 0 Å². The molecule has 2 atom stereocenters. The summed E-state index contributed by atoms with van der Waals surface area (Å²) in [7, 11) is -1.75. The van der Waals surface area contributed by atoms with Gasteiger partial charge < -0.3 is 13.9 Å². The van der Waals surface area contributed by atoms with Crippen LogP contribution in [0.5, 0.6) is 0 Å². The molecule has 4 heteroatoms. The molecular formula is C3H6O3P-. The minimum atomic E-state index is -1.75. The zero-order valence-electron chi connectivity index (χ0n) is 3.96. The first kappa shape index (κ1) is 5.45. The Kier molecular flexibility index (Phi) is 1.60. The maximum atomic E-state index is 10.2. The molecule has 1 rings (SSSR count). The second kappa shape index (κ2) is 2.05. The molecule has 1 aliphatic heterocycles. The Morgan fingerprint density at radius 2 is 2.57 bits per heavy atom. The zero-order valence-corrected chi connectivity index (χ0v) is 4.85. The topological polar surface area (TPSA) is 41.5 Å². The van der Waals surface area contributed by atoms with Gasteiger partial charge in [-0.05, 0) is 6.92 Å². The summed E-state index contributed by atoms with van der Waals surface area (Å²) in [6.45, 7) is 2.29. The fraction of sp³-hybridized carbons (Fsp3) is 1.00. The van der Waals surface area contributed by atoms with Gasteiger partial charge in [-0.15, -0.1) is 0 Å². The van der Waals surface area contributed by atoms with Crippen molar-refractivity contribution >= 4 is 8.60 Å². The summed E-state index contributed by atoms with van der Waals surface area (Å²) < 4.78 is 9.20. The first-order chi connectivity index (χ1) is 3.29. The minimum absolute atomic E-state index is 0.0172. The normalized spacial score (nSPS) is 42.0. The Morgan fingerprint density at radius 1 is 1.86 bits per heavy atom. The van der Waals surface area contributed by atoms with Crippen molar-refractivity contribution in [2.24, 2.45) is 0 Å². The molecule has 0 spiro atoms. The second-order valence-electron chi connectivity index (χ2n) is 1.44. The monoisotopic (exact) mass is 121 g/mol. The Morgan fingerprint density at radius 3 is 2.71 bits per heavy atom. The van der Waals surface area contributed by atoms with E-state index < -0.39 is 8.60 Å². The molecule has 0 aliphatic carbocycles. The third kappa shape index (κ3) is 1.35. The number of rotatable bonds is 0. The van der Waals surface area contributed by atoms with Gasteiger partial charge in [0.2, 0.25) is 0 Å². The molecule has 0 radical (unpaired) electrons. The lowest BCUT2D eigenvalue weighted by Crippen LogP contribution is -2.00. The van der Waals surface area contributed by atoms with Gasteiger partial charge in [0.25, 0.3) is 0 Å². The van der Waals surface area contributed by atoms with Crippen molar-refractivity contribution in [2.45, 2.75) is 13.0 Å². The van der Waals surface area contributed by atoms with Gasteiger partial charge in [0.15, 0.2) is 0 Å². The van der Waals surface area contributed by atoms with E-state index in [1.165, 1.54) is 0 Å². The van der Waals surface area contributed by atoms with Gasteiger partial charge in [-0.25, -0.2) is 0 Å². The Bertz CT molecular complexity index is 59.2. The van der Waals surface area contributed by atoms with Gasteiger partial charge in [0, 0.05) is 0 Å². The fourth-order valence-corrected chi connectivity index (χ4v) is 1.12. The first-order valence-electron chi connectivity index (χ1n) is 2.06. The summed E-state index contributed by atoms with van der Waals surface area (Å²) >= 11 is 0. The van der Waals surface area contributed by atoms with Gasteiger partial charge in [-0.3, -0.25) is 0 Å². The van der Waals surface area contributed by atoms with E-state index in [0.717, 1.165) is 0 Å². The lowest BCUT2D eigenvalue weighted by atomic mass is 10.5. The SMILES string of the molecule is CC1COP([O-])O1. The molecule has 0 aromatic rings. The molecule has 3 nitrogen and oxygen atoms in total. The summed E-state index contributed by atoms with van der Waals surface area (Å²) in [4.78, 5) is 10.2. The molecule has 0 N–H and O–H groups in total. The maximum Gasteiger partial charge on any atom is 0.0841 e. The summed E-state index contributed by atoms with van der Waals surface area (Å²) in [5.74, 6) is 0. The molecule has 1 heterocycles. The van der Waals surface area contributed by atoms with Crippen molar-refractivity contribution in [1.82, 2.24) is 0 Å². The lowest BCUT2D eigenvalue weighted by molar-refractivity contribution is -0.194. The summed E-state index contributed by atoms with van der Waals surface area (Å²) in [6, 6.07) is 0. The van der Waals surface area contributed by atoms with Gasteiger partial charge in [0.1, 0.15) is 0 Å². The summed E-state index contributed by atoms with van der Waals surface area (Å²) in [5.41, 5.74) is 0. The molecule has 0 bridgehead atoms. The predicted octanol–water partition coefficient (Wildman–Crippen LogP) is 0.00890. The van der Waals surface area contributed by atoms with Crippen LogP contribution >= 0.6 is 8.60 Å². The third-order valence-electron chi connectivity index (χ3n) is 0.681. The Balaban J connectivity index is 2.26. The van der Waals surface area contributed by atoms with E-state index in [2.05, 4.69) is 9.05 Å². The Hall–Kier alpha value is 0.310. The van der Waals surface area contributed by atoms with E-state index >= 15 is 0 Å². The first-order valence-corrected chi connectivity index (χ1v) is 3.15. The van der Waals surface area contributed by atoms with Crippen LogP contribution in [0.4, 0.5) is 0 Å².